The Bertz CT molecular complexity index is 864. The van der Waals surface area contributed by atoms with Gasteiger partial charge in [0.25, 0.3) is 5.91 Å². The van der Waals surface area contributed by atoms with Crippen LogP contribution in [0.1, 0.15) is 43.6 Å². The minimum absolute atomic E-state index is 0.0142. The Balaban J connectivity index is 2.08. The molecule has 0 fully saturated rings. The van der Waals surface area contributed by atoms with E-state index in [1.54, 1.807) is 29.2 Å². The molecule has 0 heterocycles. The predicted molar refractivity (Wildman–Crippen MR) is 123 cm³/mol. The van der Waals surface area contributed by atoms with Crippen LogP contribution in [0.2, 0.25) is 0 Å². The molecule has 6 nitrogen and oxygen atoms in total. The van der Waals surface area contributed by atoms with Gasteiger partial charge in [0.1, 0.15) is 0 Å². The van der Waals surface area contributed by atoms with Crippen LogP contribution in [0.5, 0.6) is 11.5 Å². The van der Waals surface area contributed by atoms with Crippen molar-refractivity contribution in [1.82, 2.24) is 4.90 Å². The van der Waals surface area contributed by atoms with E-state index >= 15 is 0 Å². The molecule has 0 aliphatic carbocycles. The fourth-order valence-corrected chi connectivity index (χ4v) is 3.48. The average Bonchev–Trinajstić information content (AvgIpc) is 2.73. The van der Waals surface area contributed by atoms with Crippen LogP contribution in [0, 0.1) is 0 Å². The molecule has 0 bridgehead atoms. The highest BCUT2D eigenvalue weighted by Gasteiger charge is 2.15. The van der Waals surface area contributed by atoms with Crippen molar-refractivity contribution in [2.45, 2.75) is 34.1 Å². The lowest BCUT2D eigenvalue weighted by Crippen LogP contribution is -2.30. The van der Waals surface area contributed by atoms with Gasteiger partial charge in [0.05, 0.1) is 19.6 Å². The number of anilines is 1. The number of hydrogen-bond donors (Lipinski definition) is 1. The molecule has 7 heteroatoms. The first kappa shape index (κ1) is 23.7. The lowest BCUT2D eigenvalue weighted by molar-refractivity contribution is -0.115. The summed E-state index contributed by atoms with van der Waals surface area (Å²) in [4.78, 5) is 26.7. The number of hydrogen-bond acceptors (Lipinski definition) is 4. The lowest BCUT2D eigenvalue weighted by atomic mass is 10.1. The minimum Gasteiger partial charge on any atom is -0.490 e. The van der Waals surface area contributed by atoms with Crippen LogP contribution in [0.25, 0.3) is 0 Å². The van der Waals surface area contributed by atoms with E-state index in [0.717, 1.165) is 10.0 Å². The summed E-state index contributed by atoms with van der Waals surface area (Å²) in [5.74, 6) is 1.08. The molecule has 0 aliphatic rings. The number of halogens is 1. The second-order valence-electron chi connectivity index (χ2n) is 6.54. The molecule has 162 valence electrons. The number of benzene rings is 2. The number of nitrogens with one attached hydrogen (secondary N) is 1. The smallest absolute Gasteiger partial charge is 0.253 e. The third kappa shape index (κ3) is 6.23. The molecule has 0 aromatic heterocycles. The number of ether oxygens (including phenoxy) is 2. The van der Waals surface area contributed by atoms with E-state index in [1.807, 2.05) is 39.8 Å². The first-order valence-corrected chi connectivity index (χ1v) is 11.0. The molecule has 0 radical (unpaired) electrons. The van der Waals surface area contributed by atoms with Gasteiger partial charge in [-0.2, -0.15) is 0 Å². The molecule has 1 N–H and O–H groups in total. The maximum absolute atomic E-state index is 12.6. The third-order valence-corrected chi connectivity index (χ3v) is 5.27. The molecule has 0 unspecified atom stereocenters. The quantitative estimate of drug-likeness (QED) is 0.528. The van der Waals surface area contributed by atoms with E-state index in [0.29, 0.717) is 49.1 Å². The van der Waals surface area contributed by atoms with E-state index in [1.165, 1.54) is 0 Å². The molecule has 2 aromatic rings. The van der Waals surface area contributed by atoms with Gasteiger partial charge in [-0.05, 0) is 69.7 Å². The highest BCUT2D eigenvalue weighted by Crippen LogP contribution is 2.34. The highest BCUT2D eigenvalue weighted by molar-refractivity contribution is 9.10. The Hall–Kier alpha value is -2.54. The number of carbonyl (C=O) groups excluding carboxylic acids is 2. The van der Waals surface area contributed by atoms with Gasteiger partial charge in [-0.25, -0.2) is 0 Å². The van der Waals surface area contributed by atoms with Gasteiger partial charge in [-0.15, -0.1) is 0 Å². The second-order valence-corrected chi connectivity index (χ2v) is 7.39. The number of carbonyl (C=O) groups is 2. The Labute approximate surface area is 186 Å². The summed E-state index contributed by atoms with van der Waals surface area (Å²) in [7, 11) is 0. The summed E-state index contributed by atoms with van der Waals surface area (Å²) >= 11 is 3.51. The second kappa shape index (κ2) is 11.6. The lowest BCUT2D eigenvalue weighted by Gasteiger charge is -2.18. The van der Waals surface area contributed by atoms with Crippen molar-refractivity contribution in [2.24, 2.45) is 0 Å². The summed E-state index contributed by atoms with van der Waals surface area (Å²) < 4.78 is 12.0. The Kier molecular flexibility index (Phi) is 9.17. The van der Waals surface area contributed by atoms with Crippen molar-refractivity contribution >= 4 is 33.4 Å². The summed E-state index contributed by atoms with van der Waals surface area (Å²) in [6.45, 7) is 10.1. The zero-order valence-electron chi connectivity index (χ0n) is 18.0. The van der Waals surface area contributed by atoms with E-state index in [9.17, 15) is 9.59 Å². The first-order valence-electron chi connectivity index (χ1n) is 10.2. The van der Waals surface area contributed by atoms with E-state index in [2.05, 4.69) is 21.2 Å². The normalized spacial score (nSPS) is 10.4. The summed E-state index contributed by atoms with van der Waals surface area (Å²) in [6, 6.07) is 10.6. The van der Waals surface area contributed by atoms with Gasteiger partial charge in [0.15, 0.2) is 11.5 Å². The molecular formula is C23H29BrN2O4. The van der Waals surface area contributed by atoms with Crippen molar-refractivity contribution in [2.75, 3.05) is 31.6 Å². The van der Waals surface area contributed by atoms with Gasteiger partial charge in [0, 0.05) is 28.8 Å². The molecule has 2 rings (SSSR count). The van der Waals surface area contributed by atoms with Crippen LogP contribution in [-0.4, -0.2) is 43.0 Å². The minimum atomic E-state index is -0.162. The number of rotatable bonds is 10. The number of nitrogens with zero attached hydrogens (tertiary/aromatic N) is 1. The maximum Gasteiger partial charge on any atom is 0.253 e. The molecule has 30 heavy (non-hydrogen) atoms. The molecule has 2 amide bonds. The largest absolute Gasteiger partial charge is 0.490 e. The zero-order valence-corrected chi connectivity index (χ0v) is 19.5. The van der Waals surface area contributed by atoms with Crippen LogP contribution in [0.3, 0.4) is 0 Å². The zero-order chi connectivity index (χ0) is 22.1. The molecule has 0 saturated carbocycles. The van der Waals surface area contributed by atoms with Crippen molar-refractivity contribution in [3.05, 3.63) is 52.0 Å². The molecular weight excluding hydrogens is 448 g/mol. The van der Waals surface area contributed by atoms with E-state index in [-0.39, 0.29) is 18.2 Å². The van der Waals surface area contributed by atoms with E-state index < -0.39 is 0 Å². The standard InChI is InChI=1S/C23H29BrN2O4/c1-5-26(6-2)23(28)16-9-11-18(12-10-16)25-22(27)14-17-13-20(29-7-3)21(30-8-4)15-19(17)24/h9-13,15H,5-8,14H2,1-4H3,(H,25,27). The fraction of sp³-hybridized carbons (Fsp3) is 0.391. The van der Waals surface area contributed by atoms with Gasteiger partial charge in [-0.3, -0.25) is 9.59 Å². The Morgan fingerprint density at radius 3 is 2.03 bits per heavy atom. The third-order valence-electron chi connectivity index (χ3n) is 4.53. The van der Waals surface area contributed by atoms with Gasteiger partial charge in [-0.1, -0.05) is 15.9 Å². The van der Waals surface area contributed by atoms with Crippen LogP contribution in [-0.2, 0) is 11.2 Å². The van der Waals surface area contributed by atoms with Gasteiger partial charge < -0.3 is 19.7 Å². The Morgan fingerprint density at radius 1 is 0.933 bits per heavy atom. The molecule has 0 saturated heterocycles. The van der Waals surface area contributed by atoms with Crippen molar-refractivity contribution in [1.29, 1.82) is 0 Å². The maximum atomic E-state index is 12.6. The van der Waals surface area contributed by atoms with Crippen LogP contribution >= 0.6 is 15.9 Å². The predicted octanol–water partition coefficient (Wildman–Crippen LogP) is 4.91. The topological polar surface area (TPSA) is 67.9 Å². The molecule has 2 aromatic carbocycles. The van der Waals surface area contributed by atoms with Gasteiger partial charge >= 0.3 is 0 Å². The summed E-state index contributed by atoms with van der Waals surface area (Å²) in [5.41, 5.74) is 2.04. The first-order chi connectivity index (χ1) is 14.4. The summed E-state index contributed by atoms with van der Waals surface area (Å²) in [6.07, 6.45) is 0.174. The van der Waals surface area contributed by atoms with Crippen LogP contribution in [0.4, 0.5) is 5.69 Å². The monoisotopic (exact) mass is 476 g/mol. The van der Waals surface area contributed by atoms with E-state index in [4.69, 9.17) is 9.47 Å². The Morgan fingerprint density at radius 2 is 1.50 bits per heavy atom. The molecule has 0 atom stereocenters. The number of amides is 2. The van der Waals surface area contributed by atoms with Crippen molar-refractivity contribution in [3.63, 3.8) is 0 Å². The van der Waals surface area contributed by atoms with Crippen molar-refractivity contribution < 1.29 is 19.1 Å². The van der Waals surface area contributed by atoms with Crippen LogP contribution < -0.4 is 14.8 Å². The average molecular weight is 477 g/mol. The molecule has 0 aliphatic heterocycles. The SMILES string of the molecule is CCOc1cc(Br)c(CC(=O)Nc2ccc(C(=O)N(CC)CC)cc2)cc1OCC. The fourth-order valence-electron chi connectivity index (χ4n) is 3.02. The van der Waals surface area contributed by atoms with Crippen molar-refractivity contribution in [3.8, 4) is 11.5 Å². The molecule has 0 spiro atoms. The van der Waals surface area contributed by atoms with Crippen LogP contribution in [0.15, 0.2) is 40.9 Å². The summed E-state index contributed by atoms with van der Waals surface area (Å²) in [5, 5.41) is 2.88. The highest BCUT2D eigenvalue weighted by atomic mass is 79.9. The van der Waals surface area contributed by atoms with Gasteiger partial charge in [0.2, 0.25) is 5.91 Å².